The first-order valence-corrected chi connectivity index (χ1v) is 12.8. The molecule has 1 amide bonds. The lowest BCUT2D eigenvalue weighted by atomic mass is 9.96. The Kier molecular flexibility index (Phi) is 8.87. The van der Waals surface area contributed by atoms with Gasteiger partial charge in [-0.05, 0) is 52.9 Å². The Morgan fingerprint density at radius 1 is 0.973 bits per heavy atom. The lowest BCUT2D eigenvalue weighted by Gasteiger charge is -2.26. The average molecular weight is 562 g/mol. The van der Waals surface area contributed by atoms with Gasteiger partial charge in [-0.15, -0.1) is 0 Å². The van der Waals surface area contributed by atoms with Crippen molar-refractivity contribution in [2.75, 3.05) is 13.1 Å². The highest BCUT2D eigenvalue weighted by Gasteiger charge is 2.24. The second kappa shape index (κ2) is 12.1. The van der Waals surface area contributed by atoms with Gasteiger partial charge in [-0.3, -0.25) is 9.69 Å². The summed E-state index contributed by atoms with van der Waals surface area (Å²) in [5.74, 6) is -2.21. The summed E-state index contributed by atoms with van der Waals surface area (Å²) in [4.78, 5) is 26.7. The van der Waals surface area contributed by atoms with Crippen LogP contribution in [-0.2, 0) is 17.8 Å². The molecule has 3 aromatic rings. The van der Waals surface area contributed by atoms with E-state index in [0.29, 0.717) is 6.54 Å². The third kappa shape index (κ3) is 6.90. The van der Waals surface area contributed by atoms with Crippen molar-refractivity contribution in [3.63, 3.8) is 0 Å². The SMILES string of the molecule is O=C(N[C@@H](Cc1ccc(C2=CCN(Cc3ccc(F)c(Cl)c3)CC2)cc1)C(=O)O)c1c(Cl)cccc1Cl. The van der Waals surface area contributed by atoms with Crippen LogP contribution < -0.4 is 5.32 Å². The van der Waals surface area contributed by atoms with Crippen molar-refractivity contribution in [3.8, 4) is 0 Å². The molecule has 9 heteroatoms. The molecule has 1 atom stereocenters. The maximum Gasteiger partial charge on any atom is 0.326 e. The quantitative estimate of drug-likeness (QED) is 0.329. The Labute approximate surface area is 229 Å². The van der Waals surface area contributed by atoms with E-state index in [0.717, 1.165) is 36.2 Å². The monoisotopic (exact) mass is 560 g/mol. The fraction of sp³-hybridized carbons (Fsp3) is 0.214. The number of rotatable bonds is 8. The molecule has 0 radical (unpaired) electrons. The number of carboxylic acid groups (broad SMARTS) is 1. The number of nitrogens with zero attached hydrogens (tertiary/aromatic N) is 1. The van der Waals surface area contributed by atoms with Crippen molar-refractivity contribution >= 4 is 52.3 Å². The first-order valence-electron chi connectivity index (χ1n) is 11.6. The first-order chi connectivity index (χ1) is 17.7. The number of aliphatic carboxylic acids is 1. The van der Waals surface area contributed by atoms with Crippen molar-refractivity contribution < 1.29 is 19.1 Å². The van der Waals surface area contributed by atoms with Gasteiger partial charge in [-0.25, -0.2) is 9.18 Å². The molecule has 1 aliphatic heterocycles. The van der Waals surface area contributed by atoms with Gasteiger partial charge in [0, 0.05) is 26.1 Å². The molecule has 0 saturated heterocycles. The number of halogens is 4. The van der Waals surface area contributed by atoms with Crippen molar-refractivity contribution in [3.05, 3.63) is 110 Å². The predicted molar refractivity (Wildman–Crippen MR) is 145 cm³/mol. The van der Waals surface area contributed by atoms with E-state index in [1.54, 1.807) is 18.2 Å². The first kappa shape index (κ1) is 27.1. The van der Waals surface area contributed by atoms with Gasteiger partial charge in [-0.2, -0.15) is 0 Å². The second-order valence-corrected chi connectivity index (χ2v) is 10.0. The summed E-state index contributed by atoms with van der Waals surface area (Å²) >= 11 is 18.1. The van der Waals surface area contributed by atoms with E-state index in [4.69, 9.17) is 34.8 Å². The molecule has 0 saturated carbocycles. The van der Waals surface area contributed by atoms with Crippen molar-refractivity contribution in [1.82, 2.24) is 10.2 Å². The van der Waals surface area contributed by atoms with Crippen LogP contribution >= 0.6 is 34.8 Å². The third-order valence-electron chi connectivity index (χ3n) is 6.24. The number of benzene rings is 3. The highest BCUT2D eigenvalue weighted by Crippen LogP contribution is 2.26. The minimum atomic E-state index is -1.15. The third-order valence-corrected chi connectivity index (χ3v) is 7.16. The van der Waals surface area contributed by atoms with Crippen LogP contribution in [0, 0.1) is 5.82 Å². The van der Waals surface area contributed by atoms with Crippen LogP contribution in [0.4, 0.5) is 4.39 Å². The summed E-state index contributed by atoms with van der Waals surface area (Å²) in [6.45, 7) is 2.29. The summed E-state index contributed by atoms with van der Waals surface area (Å²) in [6.07, 6.45) is 3.12. The van der Waals surface area contributed by atoms with E-state index in [-0.39, 0.29) is 27.1 Å². The van der Waals surface area contributed by atoms with Gasteiger partial charge in [0.05, 0.1) is 20.6 Å². The number of amides is 1. The summed E-state index contributed by atoms with van der Waals surface area (Å²) in [5, 5.41) is 12.6. The summed E-state index contributed by atoms with van der Waals surface area (Å²) < 4.78 is 13.4. The number of nitrogens with one attached hydrogen (secondary N) is 1. The van der Waals surface area contributed by atoms with Crippen molar-refractivity contribution in [1.29, 1.82) is 0 Å². The molecular weight excluding hydrogens is 538 g/mol. The topological polar surface area (TPSA) is 69.6 Å². The van der Waals surface area contributed by atoms with Gasteiger partial charge >= 0.3 is 5.97 Å². The van der Waals surface area contributed by atoms with Crippen molar-refractivity contribution in [2.45, 2.75) is 25.4 Å². The number of carbonyl (C=O) groups is 2. The van der Waals surface area contributed by atoms with Gasteiger partial charge in [0.1, 0.15) is 11.9 Å². The van der Waals surface area contributed by atoms with Gasteiger partial charge in [0.25, 0.3) is 5.91 Å². The maximum absolute atomic E-state index is 13.4. The predicted octanol–water partition coefficient (Wildman–Crippen LogP) is 6.50. The Balaban J connectivity index is 1.37. The number of hydrogen-bond acceptors (Lipinski definition) is 3. The molecule has 0 aliphatic carbocycles. The molecule has 4 rings (SSSR count). The molecule has 37 heavy (non-hydrogen) atoms. The van der Waals surface area contributed by atoms with Gasteiger partial charge in [0.2, 0.25) is 0 Å². The summed E-state index contributed by atoms with van der Waals surface area (Å²) in [5.41, 5.74) is 4.05. The van der Waals surface area contributed by atoms with E-state index >= 15 is 0 Å². The van der Waals surface area contributed by atoms with E-state index in [9.17, 15) is 19.1 Å². The lowest BCUT2D eigenvalue weighted by molar-refractivity contribution is -0.139. The smallest absolute Gasteiger partial charge is 0.326 e. The average Bonchev–Trinajstić information content (AvgIpc) is 2.87. The zero-order chi connectivity index (χ0) is 26.5. The van der Waals surface area contributed by atoms with Crippen LogP contribution in [-0.4, -0.2) is 41.0 Å². The Hall–Kier alpha value is -2.90. The fourth-order valence-corrected chi connectivity index (χ4v) is 5.02. The molecule has 0 bridgehead atoms. The molecule has 3 aromatic carbocycles. The number of hydrogen-bond donors (Lipinski definition) is 2. The zero-order valence-corrected chi connectivity index (χ0v) is 22.0. The van der Waals surface area contributed by atoms with Gasteiger partial charge in [0.15, 0.2) is 0 Å². The summed E-state index contributed by atoms with van der Waals surface area (Å²) in [7, 11) is 0. The van der Waals surface area contributed by atoms with E-state index < -0.39 is 23.7 Å². The Bertz CT molecular complexity index is 1320. The molecule has 1 aliphatic rings. The molecule has 0 fully saturated rings. The normalized spacial score (nSPS) is 14.6. The minimum Gasteiger partial charge on any atom is -0.480 e. The fourth-order valence-electron chi connectivity index (χ4n) is 4.25. The highest BCUT2D eigenvalue weighted by molar-refractivity contribution is 6.39. The van der Waals surface area contributed by atoms with Crippen LogP contribution in [0.1, 0.15) is 33.5 Å². The molecule has 0 spiro atoms. The van der Waals surface area contributed by atoms with E-state index in [1.807, 2.05) is 24.3 Å². The number of carbonyl (C=O) groups excluding carboxylic acids is 1. The molecule has 0 aromatic heterocycles. The van der Waals surface area contributed by atoms with Crippen LogP contribution in [0.3, 0.4) is 0 Å². The van der Waals surface area contributed by atoms with Crippen LogP contribution in [0.2, 0.25) is 15.1 Å². The van der Waals surface area contributed by atoms with Crippen LogP contribution in [0.5, 0.6) is 0 Å². The minimum absolute atomic E-state index is 0.0493. The molecular formula is C28H24Cl3FN2O3. The lowest BCUT2D eigenvalue weighted by Crippen LogP contribution is -2.42. The van der Waals surface area contributed by atoms with Gasteiger partial charge < -0.3 is 10.4 Å². The molecule has 5 nitrogen and oxygen atoms in total. The standard InChI is InChI=1S/C28H24Cl3FN2O3/c29-21-2-1-3-22(30)26(21)27(35)33-25(28(36)37)15-17-4-7-19(8-5-17)20-10-12-34(13-11-20)16-18-6-9-24(32)23(31)14-18/h1-10,14,25H,11-13,15-16H2,(H,33,35)(H,36,37)/t25-/m0/s1. The Morgan fingerprint density at radius 3 is 2.24 bits per heavy atom. The molecule has 2 N–H and O–H groups in total. The van der Waals surface area contributed by atoms with Crippen molar-refractivity contribution in [2.24, 2.45) is 0 Å². The van der Waals surface area contributed by atoms with Crippen LogP contribution in [0.15, 0.2) is 66.7 Å². The Morgan fingerprint density at radius 2 is 1.65 bits per heavy atom. The van der Waals surface area contributed by atoms with Crippen LogP contribution in [0.25, 0.3) is 5.57 Å². The van der Waals surface area contributed by atoms with Gasteiger partial charge in [-0.1, -0.05) is 77.3 Å². The largest absolute Gasteiger partial charge is 0.480 e. The molecule has 0 unspecified atom stereocenters. The molecule has 192 valence electrons. The van der Waals surface area contributed by atoms with E-state index in [2.05, 4.69) is 16.3 Å². The highest BCUT2D eigenvalue weighted by atomic mass is 35.5. The zero-order valence-electron chi connectivity index (χ0n) is 19.7. The second-order valence-electron chi connectivity index (χ2n) is 8.82. The number of carboxylic acids is 1. The summed E-state index contributed by atoms with van der Waals surface area (Å²) in [6, 6.07) is 16.0. The maximum atomic E-state index is 13.4. The molecule has 1 heterocycles. The van der Waals surface area contributed by atoms with E-state index in [1.165, 1.54) is 23.8 Å².